The van der Waals surface area contributed by atoms with Crippen molar-refractivity contribution in [3.05, 3.63) is 42.5 Å². The minimum Gasteiger partial charge on any atom is -0.355 e. The van der Waals surface area contributed by atoms with Crippen LogP contribution in [0.5, 0.6) is 0 Å². The topological polar surface area (TPSA) is 46.6 Å². The summed E-state index contributed by atoms with van der Waals surface area (Å²) in [6.07, 6.45) is 4.16. The standard InChI is InChI=1S/C20H29NO3S/c1-6-19-21(25(22,23)16-10-7-14(2)8-11-16)20(4,5)17-12-9-15(3)13-18(17)24-19/h6-8,10-11,15,17-19H,1,9,12-13H2,2-5H3/t15-,17-,18-,19+/m1/s1. The Morgan fingerprint density at radius 1 is 1.24 bits per heavy atom. The van der Waals surface area contributed by atoms with Crippen LogP contribution in [0.1, 0.15) is 45.6 Å². The summed E-state index contributed by atoms with van der Waals surface area (Å²) >= 11 is 0. The lowest BCUT2D eigenvalue weighted by Gasteiger charge is -2.55. The van der Waals surface area contributed by atoms with Crippen molar-refractivity contribution >= 4 is 10.0 Å². The molecule has 25 heavy (non-hydrogen) atoms. The predicted molar refractivity (Wildman–Crippen MR) is 99.6 cm³/mol. The largest absolute Gasteiger partial charge is 0.355 e. The zero-order valence-electron chi connectivity index (χ0n) is 15.6. The monoisotopic (exact) mass is 363 g/mol. The molecule has 1 heterocycles. The molecule has 138 valence electrons. The zero-order chi connectivity index (χ0) is 18.4. The molecule has 3 rings (SSSR count). The molecule has 1 aromatic carbocycles. The molecule has 1 saturated heterocycles. The molecule has 0 radical (unpaired) electrons. The lowest BCUT2D eigenvalue weighted by atomic mass is 9.70. The van der Waals surface area contributed by atoms with Crippen molar-refractivity contribution in [2.75, 3.05) is 0 Å². The van der Waals surface area contributed by atoms with E-state index in [0.29, 0.717) is 10.8 Å². The van der Waals surface area contributed by atoms with Gasteiger partial charge in [-0.05, 0) is 57.7 Å². The van der Waals surface area contributed by atoms with Gasteiger partial charge in [0.2, 0.25) is 10.0 Å². The highest BCUT2D eigenvalue weighted by Gasteiger charge is 2.54. The number of rotatable bonds is 3. The average Bonchev–Trinajstić information content (AvgIpc) is 2.53. The van der Waals surface area contributed by atoms with Crippen LogP contribution in [0.15, 0.2) is 41.8 Å². The molecule has 0 spiro atoms. The molecule has 1 saturated carbocycles. The maximum Gasteiger partial charge on any atom is 0.246 e. The second-order valence-electron chi connectivity index (χ2n) is 8.09. The van der Waals surface area contributed by atoms with Gasteiger partial charge in [0.05, 0.1) is 11.0 Å². The first-order chi connectivity index (χ1) is 11.7. The third-order valence-corrected chi connectivity index (χ3v) is 7.92. The molecular weight excluding hydrogens is 334 g/mol. The van der Waals surface area contributed by atoms with Gasteiger partial charge in [-0.15, -0.1) is 0 Å². The molecule has 4 atom stereocenters. The Bertz CT molecular complexity index is 739. The van der Waals surface area contributed by atoms with Crippen LogP contribution in [0.3, 0.4) is 0 Å². The fourth-order valence-corrected chi connectivity index (χ4v) is 6.31. The van der Waals surface area contributed by atoms with Crippen molar-refractivity contribution in [2.45, 2.75) is 69.7 Å². The molecule has 1 aromatic rings. The first kappa shape index (κ1) is 18.6. The van der Waals surface area contributed by atoms with E-state index in [1.54, 1.807) is 18.2 Å². The van der Waals surface area contributed by atoms with E-state index < -0.39 is 21.8 Å². The number of ether oxygens (including phenoxy) is 1. The normalized spacial score (nSPS) is 32.8. The predicted octanol–water partition coefficient (Wildman–Crippen LogP) is 4.11. The minimum absolute atomic E-state index is 0.0891. The number of nitrogens with zero attached hydrogens (tertiary/aromatic N) is 1. The minimum atomic E-state index is -3.67. The van der Waals surface area contributed by atoms with Gasteiger partial charge in [0, 0.05) is 11.5 Å². The highest BCUT2D eigenvalue weighted by Crippen LogP contribution is 2.47. The molecule has 1 aliphatic heterocycles. The van der Waals surface area contributed by atoms with Crippen LogP contribution >= 0.6 is 0 Å². The van der Waals surface area contributed by atoms with Crippen molar-refractivity contribution < 1.29 is 13.2 Å². The van der Waals surface area contributed by atoms with E-state index in [4.69, 9.17) is 4.74 Å². The zero-order valence-corrected chi connectivity index (χ0v) is 16.4. The highest BCUT2D eigenvalue weighted by molar-refractivity contribution is 7.89. The molecule has 0 N–H and O–H groups in total. The summed E-state index contributed by atoms with van der Waals surface area (Å²) in [5, 5.41) is 0. The number of sulfonamides is 1. The van der Waals surface area contributed by atoms with Gasteiger partial charge < -0.3 is 4.74 Å². The van der Waals surface area contributed by atoms with Gasteiger partial charge in [-0.3, -0.25) is 0 Å². The summed E-state index contributed by atoms with van der Waals surface area (Å²) in [5.41, 5.74) is 0.515. The summed E-state index contributed by atoms with van der Waals surface area (Å²) in [6.45, 7) is 12.1. The maximum absolute atomic E-state index is 13.4. The van der Waals surface area contributed by atoms with Crippen molar-refractivity contribution in [3.8, 4) is 0 Å². The number of hydrogen-bond acceptors (Lipinski definition) is 3. The van der Waals surface area contributed by atoms with Gasteiger partial charge in [-0.2, -0.15) is 4.31 Å². The van der Waals surface area contributed by atoms with Crippen LogP contribution < -0.4 is 0 Å². The SMILES string of the molecule is C=C[C@@H]1O[C@@H]2C[C@H](C)CC[C@H]2C(C)(C)N1S(=O)(=O)c1ccc(C)cc1. The van der Waals surface area contributed by atoms with Gasteiger partial charge in [0.1, 0.15) is 6.23 Å². The molecule has 4 nitrogen and oxygen atoms in total. The fraction of sp³-hybridized carbons (Fsp3) is 0.600. The molecule has 2 aliphatic rings. The van der Waals surface area contributed by atoms with E-state index in [1.165, 1.54) is 4.31 Å². The van der Waals surface area contributed by atoms with Gasteiger partial charge in [-0.1, -0.05) is 37.6 Å². The average molecular weight is 364 g/mol. The molecular formula is C20H29NO3S. The third kappa shape index (κ3) is 3.18. The van der Waals surface area contributed by atoms with Crippen LogP contribution in [0, 0.1) is 18.8 Å². The van der Waals surface area contributed by atoms with E-state index in [2.05, 4.69) is 13.5 Å². The van der Waals surface area contributed by atoms with Crippen molar-refractivity contribution in [1.29, 1.82) is 0 Å². The molecule has 5 heteroatoms. The lowest BCUT2D eigenvalue weighted by molar-refractivity contribution is -0.182. The van der Waals surface area contributed by atoms with E-state index in [0.717, 1.165) is 24.8 Å². The fourth-order valence-electron chi connectivity index (χ4n) is 4.43. The first-order valence-corrected chi connectivity index (χ1v) is 10.5. The summed E-state index contributed by atoms with van der Waals surface area (Å²) in [6, 6.07) is 7.02. The Morgan fingerprint density at radius 3 is 2.48 bits per heavy atom. The van der Waals surface area contributed by atoms with Crippen molar-refractivity contribution in [3.63, 3.8) is 0 Å². The highest BCUT2D eigenvalue weighted by atomic mass is 32.2. The summed E-state index contributed by atoms with van der Waals surface area (Å²) in [4.78, 5) is 0.309. The van der Waals surface area contributed by atoms with Crippen LogP contribution in [0.25, 0.3) is 0 Å². The van der Waals surface area contributed by atoms with Gasteiger partial charge in [0.15, 0.2) is 0 Å². The molecule has 0 aromatic heterocycles. The van der Waals surface area contributed by atoms with Crippen LogP contribution in [0.4, 0.5) is 0 Å². The molecule has 0 amide bonds. The Morgan fingerprint density at radius 2 is 1.88 bits per heavy atom. The Hall–Kier alpha value is -1.17. The van der Waals surface area contributed by atoms with Crippen LogP contribution in [-0.4, -0.2) is 30.6 Å². The van der Waals surface area contributed by atoms with Crippen molar-refractivity contribution in [1.82, 2.24) is 4.31 Å². The Kier molecular flexibility index (Phi) is 4.86. The molecule has 0 unspecified atom stereocenters. The Labute approximate surface area is 151 Å². The van der Waals surface area contributed by atoms with E-state index in [1.807, 2.05) is 32.9 Å². The lowest BCUT2D eigenvalue weighted by Crippen LogP contribution is -2.65. The smallest absolute Gasteiger partial charge is 0.246 e. The first-order valence-electron chi connectivity index (χ1n) is 9.07. The number of fused-ring (bicyclic) bond motifs is 1. The molecule has 1 aliphatic carbocycles. The van der Waals surface area contributed by atoms with E-state index in [9.17, 15) is 8.42 Å². The maximum atomic E-state index is 13.4. The summed E-state index contributed by atoms with van der Waals surface area (Å²) < 4.78 is 34.6. The number of hydrogen-bond donors (Lipinski definition) is 0. The third-order valence-electron chi connectivity index (χ3n) is 5.85. The van der Waals surface area contributed by atoms with Gasteiger partial charge in [-0.25, -0.2) is 8.42 Å². The van der Waals surface area contributed by atoms with Crippen LogP contribution in [0.2, 0.25) is 0 Å². The molecule has 0 bridgehead atoms. The second-order valence-corrected chi connectivity index (χ2v) is 9.91. The Balaban J connectivity index is 2.03. The summed E-state index contributed by atoms with van der Waals surface area (Å²) in [5.74, 6) is 0.808. The van der Waals surface area contributed by atoms with Gasteiger partial charge >= 0.3 is 0 Å². The quantitative estimate of drug-likeness (QED) is 0.759. The molecule has 2 fully saturated rings. The summed E-state index contributed by atoms with van der Waals surface area (Å²) in [7, 11) is -3.67. The number of aryl methyl sites for hydroxylation is 1. The van der Waals surface area contributed by atoms with Crippen molar-refractivity contribution in [2.24, 2.45) is 11.8 Å². The number of benzene rings is 1. The van der Waals surface area contributed by atoms with E-state index in [-0.39, 0.29) is 12.0 Å². The van der Waals surface area contributed by atoms with Gasteiger partial charge in [0.25, 0.3) is 0 Å². The second kappa shape index (κ2) is 6.53. The van der Waals surface area contributed by atoms with Crippen LogP contribution in [-0.2, 0) is 14.8 Å². The van der Waals surface area contributed by atoms with E-state index >= 15 is 0 Å².